The number of allylic oxidation sites excluding steroid dienone is 1. The summed E-state index contributed by atoms with van der Waals surface area (Å²) < 4.78 is 0. The maximum absolute atomic E-state index is 6.33. The number of thioether (sulfide) groups is 1. The molecule has 7 heteroatoms. The van der Waals surface area contributed by atoms with Crippen molar-refractivity contribution >= 4 is 23.4 Å². The minimum absolute atomic E-state index is 0.0553. The van der Waals surface area contributed by atoms with Crippen molar-refractivity contribution in [3.05, 3.63) is 64.2 Å². The molecule has 0 saturated heterocycles. The third-order valence-electron chi connectivity index (χ3n) is 3.95. The van der Waals surface area contributed by atoms with Gasteiger partial charge in [-0.25, -0.2) is 9.97 Å². The Hall–Kier alpha value is -2.54. The van der Waals surface area contributed by atoms with E-state index in [1.165, 1.54) is 5.56 Å². The van der Waals surface area contributed by atoms with Crippen LogP contribution in [0.1, 0.15) is 32.0 Å². The summed E-state index contributed by atoms with van der Waals surface area (Å²) in [6, 6.07) is 5.81. The summed E-state index contributed by atoms with van der Waals surface area (Å²) in [5.74, 6) is 0.571. The minimum atomic E-state index is 0.0553. The van der Waals surface area contributed by atoms with Crippen LogP contribution in [0.3, 0.4) is 0 Å². The summed E-state index contributed by atoms with van der Waals surface area (Å²) in [6.07, 6.45) is 6.22. The maximum atomic E-state index is 6.33. The number of anilines is 1. The van der Waals surface area contributed by atoms with Crippen molar-refractivity contribution in [2.45, 2.75) is 27.2 Å². The molecule has 3 rings (SSSR count). The molecule has 0 bridgehead atoms. The van der Waals surface area contributed by atoms with E-state index in [1.54, 1.807) is 24.2 Å². The lowest BCUT2D eigenvalue weighted by Crippen LogP contribution is -2.21. The van der Waals surface area contributed by atoms with E-state index in [9.17, 15) is 0 Å². The number of rotatable bonds is 5. The van der Waals surface area contributed by atoms with Gasteiger partial charge in [-0.1, -0.05) is 38.6 Å². The molecule has 1 aliphatic rings. The van der Waals surface area contributed by atoms with E-state index >= 15 is 0 Å². The fourth-order valence-electron chi connectivity index (χ4n) is 2.37. The number of nitrogens with zero attached hydrogens (tertiary/aromatic N) is 3. The van der Waals surface area contributed by atoms with Crippen LogP contribution in [0.2, 0.25) is 0 Å². The van der Waals surface area contributed by atoms with Gasteiger partial charge in [0.25, 0.3) is 0 Å². The van der Waals surface area contributed by atoms with Gasteiger partial charge in [-0.15, -0.1) is 0 Å². The normalized spacial score (nSPS) is 16.0. The number of hydrogen-bond donors (Lipinski definition) is 3. The lowest BCUT2D eigenvalue weighted by molar-refractivity contribution is 0.481. The van der Waals surface area contributed by atoms with Crippen LogP contribution in [0, 0.1) is 5.41 Å². The van der Waals surface area contributed by atoms with Crippen LogP contribution in [-0.2, 0) is 6.42 Å². The van der Waals surface area contributed by atoms with Gasteiger partial charge in [0, 0.05) is 36.2 Å². The van der Waals surface area contributed by atoms with E-state index in [4.69, 9.17) is 5.73 Å². The number of nitrogens with two attached hydrogens (primary N) is 1. The Bertz CT molecular complexity index is 823. The fourth-order valence-corrected chi connectivity index (χ4v) is 3.42. The summed E-state index contributed by atoms with van der Waals surface area (Å²) in [6.45, 7) is 7.23. The molecule has 2 aromatic heterocycles. The van der Waals surface area contributed by atoms with Crippen molar-refractivity contribution in [3.8, 4) is 0 Å². The quantitative estimate of drug-likeness (QED) is 0.746. The van der Waals surface area contributed by atoms with Crippen molar-refractivity contribution in [1.82, 2.24) is 20.3 Å². The zero-order valence-electron chi connectivity index (χ0n) is 15.3. The summed E-state index contributed by atoms with van der Waals surface area (Å²) >= 11 is 1.59. The smallest absolute Gasteiger partial charge is 0.223 e. The predicted molar refractivity (Wildman–Crippen MR) is 108 cm³/mol. The van der Waals surface area contributed by atoms with Gasteiger partial charge in [0.2, 0.25) is 5.95 Å². The van der Waals surface area contributed by atoms with Crippen molar-refractivity contribution in [3.63, 3.8) is 0 Å². The Morgan fingerprint density at radius 1 is 1.27 bits per heavy atom. The fraction of sp³-hybridized carbons (Fsp3) is 0.316. The second kappa shape index (κ2) is 7.78. The molecule has 0 spiro atoms. The first-order valence-corrected chi connectivity index (χ1v) is 9.42. The second-order valence-corrected chi connectivity index (χ2v) is 7.95. The van der Waals surface area contributed by atoms with Crippen molar-refractivity contribution < 1.29 is 0 Å². The summed E-state index contributed by atoms with van der Waals surface area (Å²) in [5.41, 5.74) is 10.1. The molecular weight excluding hydrogens is 344 g/mol. The van der Waals surface area contributed by atoms with Gasteiger partial charge in [-0.05, 0) is 29.5 Å². The maximum Gasteiger partial charge on any atom is 0.223 e. The number of aromatic nitrogens is 3. The van der Waals surface area contributed by atoms with Gasteiger partial charge >= 0.3 is 0 Å². The van der Waals surface area contributed by atoms with Crippen LogP contribution >= 0.6 is 11.8 Å². The average molecular weight is 369 g/mol. The molecule has 6 nitrogen and oxygen atoms in total. The zero-order valence-corrected chi connectivity index (χ0v) is 16.1. The Labute approximate surface area is 158 Å². The zero-order chi connectivity index (χ0) is 18.6. The highest BCUT2D eigenvalue weighted by molar-refractivity contribution is 8.06. The van der Waals surface area contributed by atoms with Crippen molar-refractivity contribution in [2.75, 3.05) is 11.9 Å². The molecule has 0 unspecified atom stereocenters. The van der Waals surface area contributed by atoms with E-state index < -0.39 is 0 Å². The van der Waals surface area contributed by atoms with E-state index in [-0.39, 0.29) is 5.41 Å². The van der Waals surface area contributed by atoms with Gasteiger partial charge in [-0.3, -0.25) is 4.98 Å². The monoisotopic (exact) mass is 368 g/mol. The van der Waals surface area contributed by atoms with Crippen LogP contribution < -0.4 is 16.4 Å². The highest BCUT2D eigenvalue weighted by Gasteiger charge is 2.24. The highest BCUT2D eigenvalue weighted by Crippen LogP contribution is 2.36. The number of pyridine rings is 1. The SMILES string of the molecule is CC(C)(C)C1=CS/C(=C(/N)c2ccnc(NCCc3cccnc3)n2)N1. The highest BCUT2D eigenvalue weighted by atomic mass is 32.2. The summed E-state index contributed by atoms with van der Waals surface area (Å²) in [7, 11) is 0. The number of hydrogen-bond acceptors (Lipinski definition) is 7. The van der Waals surface area contributed by atoms with Crippen LogP contribution in [0.5, 0.6) is 0 Å². The van der Waals surface area contributed by atoms with Gasteiger partial charge in [0.15, 0.2) is 0 Å². The third kappa shape index (κ3) is 4.54. The largest absolute Gasteiger partial charge is 0.395 e. The van der Waals surface area contributed by atoms with Crippen molar-refractivity contribution in [1.29, 1.82) is 0 Å². The Balaban J connectivity index is 1.65. The third-order valence-corrected chi connectivity index (χ3v) is 4.86. The van der Waals surface area contributed by atoms with Crippen LogP contribution in [0.15, 0.2) is 52.9 Å². The average Bonchev–Trinajstić information content (AvgIpc) is 3.13. The molecule has 4 N–H and O–H groups in total. The molecule has 26 heavy (non-hydrogen) atoms. The topological polar surface area (TPSA) is 88.8 Å². The molecule has 1 aliphatic heterocycles. The first-order valence-electron chi connectivity index (χ1n) is 8.54. The van der Waals surface area contributed by atoms with Gasteiger partial charge in [0.05, 0.1) is 11.4 Å². The lowest BCUT2D eigenvalue weighted by Gasteiger charge is -2.20. The van der Waals surface area contributed by atoms with E-state index in [0.29, 0.717) is 17.3 Å². The molecule has 136 valence electrons. The van der Waals surface area contributed by atoms with Gasteiger partial charge < -0.3 is 16.4 Å². The first kappa shape index (κ1) is 18.3. The van der Waals surface area contributed by atoms with E-state index in [1.807, 2.05) is 18.3 Å². The molecule has 2 aromatic rings. The van der Waals surface area contributed by atoms with Gasteiger partial charge in [0.1, 0.15) is 5.03 Å². The summed E-state index contributed by atoms with van der Waals surface area (Å²) in [4.78, 5) is 12.9. The van der Waals surface area contributed by atoms with E-state index in [2.05, 4.69) is 57.8 Å². The summed E-state index contributed by atoms with van der Waals surface area (Å²) in [5, 5.41) is 9.67. The second-order valence-electron chi connectivity index (χ2n) is 7.07. The number of nitrogens with one attached hydrogen (secondary N) is 2. The molecule has 0 saturated carbocycles. The van der Waals surface area contributed by atoms with Crippen LogP contribution in [-0.4, -0.2) is 21.5 Å². The Kier molecular flexibility index (Phi) is 5.46. The molecule has 3 heterocycles. The van der Waals surface area contributed by atoms with Crippen molar-refractivity contribution in [2.24, 2.45) is 11.1 Å². The minimum Gasteiger partial charge on any atom is -0.395 e. The molecule has 0 aromatic carbocycles. The molecule has 0 fully saturated rings. The molecule has 0 radical (unpaired) electrons. The first-order chi connectivity index (χ1) is 12.4. The van der Waals surface area contributed by atoms with Crippen LogP contribution in [0.25, 0.3) is 5.70 Å². The lowest BCUT2D eigenvalue weighted by atomic mass is 9.93. The van der Waals surface area contributed by atoms with Gasteiger partial charge in [-0.2, -0.15) is 0 Å². The molecule has 0 amide bonds. The molecular formula is C19H24N6S. The Morgan fingerprint density at radius 3 is 2.81 bits per heavy atom. The standard InChI is InChI=1S/C19H24N6S/c1-19(2,3)15-12-26-17(25-15)16(20)14-7-10-23-18(24-14)22-9-6-13-5-4-8-21-11-13/h4-5,7-8,10-12,25H,6,9,20H2,1-3H3,(H,22,23,24)/b17-16+. The Morgan fingerprint density at radius 2 is 2.12 bits per heavy atom. The van der Waals surface area contributed by atoms with Crippen LogP contribution in [0.4, 0.5) is 5.95 Å². The molecule has 0 atom stereocenters. The molecule has 0 aliphatic carbocycles. The van der Waals surface area contributed by atoms with E-state index in [0.717, 1.165) is 23.7 Å². The predicted octanol–water partition coefficient (Wildman–Crippen LogP) is 3.33.